The molecular formula is C20H26N2OS. The normalized spacial score (nSPS) is 16.7. The summed E-state index contributed by atoms with van der Waals surface area (Å²) in [4.78, 5) is 13.7. The minimum Gasteiger partial charge on any atom is -0.348 e. The van der Waals surface area contributed by atoms with Gasteiger partial charge in [0.2, 0.25) is 5.91 Å². The van der Waals surface area contributed by atoms with E-state index >= 15 is 0 Å². The Bertz CT molecular complexity index is 606. The third-order valence-electron chi connectivity index (χ3n) is 4.74. The predicted octanol–water partition coefficient (Wildman–Crippen LogP) is 3.93. The number of hydrogen-bond donors (Lipinski definition) is 2. The van der Waals surface area contributed by atoms with Crippen LogP contribution in [0.3, 0.4) is 0 Å². The van der Waals surface area contributed by atoms with E-state index < -0.39 is 0 Å². The van der Waals surface area contributed by atoms with Gasteiger partial charge in [-0.25, -0.2) is 0 Å². The molecule has 1 aromatic heterocycles. The van der Waals surface area contributed by atoms with Crippen LogP contribution in [0.15, 0.2) is 47.8 Å². The van der Waals surface area contributed by atoms with Gasteiger partial charge < -0.3 is 10.6 Å². The van der Waals surface area contributed by atoms with Crippen LogP contribution in [0, 0.1) is 5.92 Å². The van der Waals surface area contributed by atoms with Crippen LogP contribution < -0.4 is 10.6 Å². The molecule has 3 rings (SSSR count). The summed E-state index contributed by atoms with van der Waals surface area (Å²) in [7, 11) is 0. The second-order valence-corrected chi connectivity index (χ2v) is 7.54. The highest BCUT2D eigenvalue weighted by atomic mass is 32.1. The standard InChI is InChI=1S/C20H26N2OS/c23-20(9-8-16-10-12-21-13-11-16)22-18(19-7-4-14-24-19)15-17-5-2-1-3-6-17/h1-7,14,16,18,21H,8-13,15H2,(H,22,23). The molecule has 2 aromatic rings. The van der Waals surface area contributed by atoms with E-state index in [0.717, 1.165) is 25.9 Å². The van der Waals surface area contributed by atoms with E-state index in [2.05, 4.69) is 52.4 Å². The lowest BCUT2D eigenvalue weighted by molar-refractivity contribution is -0.122. The van der Waals surface area contributed by atoms with Crippen molar-refractivity contribution in [2.45, 2.75) is 38.1 Å². The van der Waals surface area contributed by atoms with Gasteiger partial charge in [0.15, 0.2) is 0 Å². The van der Waals surface area contributed by atoms with Crippen molar-refractivity contribution < 1.29 is 4.79 Å². The lowest BCUT2D eigenvalue weighted by Gasteiger charge is -2.23. The number of amides is 1. The van der Waals surface area contributed by atoms with Gasteiger partial charge in [-0.2, -0.15) is 0 Å². The van der Waals surface area contributed by atoms with Gasteiger partial charge in [-0.15, -0.1) is 11.3 Å². The second-order valence-electron chi connectivity index (χ2n) is 6.56. The minimum atomic E-state index is 0.0768. The van der Waals surface area contributed by atoms with Gasteiger partial charge in [0.25, 0.3) is 0 Å². The summed E-state index contributed by atoms with van der Waals surface area (Å²) in [6.45, 7) is 2.19. The Morgan fingerprint density at radius 1 is 1.17 bits per heavy atom. The summed E-state index contributed by atoms with van der Waals surface area (Å²) in [5.41, 5.74) is 1.26. The van der Waals surface area contributed by atoms with Crippen LogP contribution in [0.1, 0.15) is 42.2 Å². The summed E-state index contributed by atoms with van der Waals surface area (Å²) < 4.78 is 0. The molecule has 128 valence electrons. The molecule has 0 bridgehead atoms. The molecule has 1 aliphatic rings. The van der Waals surface area contributed by atoms with Gasteiger partial charge in [-0.3, -0.25) is 4.79 Å². The molecule has 4 heteroatoms. The van der Waals surface area contributed by atoms with Crippen molar-refractivity contribution in [3.63, 3.8) is 0 Å². The van der Waals surface area contributed by atoms with Crippen molar-refractivity contribution in [1.82, 2.24) is 10.6 Å². The van der Waals surface area contributed by atoms with Crippen LogP contribution in [0.4, 0.5) is 0 Å². The molecule has 1 saturated heterocycles. The largest absolute Gasteiger partial charge is 0.348 e. The number of piperidine rings is 1. The summed E-state index contributed by atoms with van der Waals surface area (Å²) in [5, 5.41) is 8.72. The Kier molecular flexibility index (Phi) is 6.44. The van der Waals surface area contributed by atoms with Gasteiger partial charge in [0.1, 0.15) is 0 Å². The Labute approximate surface area is 148 Å². The van der Waals surface area contributed by atoms with Gasteiger partial charge in [0.05, 0.1) is 6.04 Å². The number of rotatable bonds is 7. The topological polar surface area (TPSA) is 41.1 Å². The van der Waals surface area contributed by atoms with Crippen molar-refractivity contribution in [2.75, 3.05) is 13.1 Å². The van der Waals surface area contributed by atoms with E-state index in [-0.39, 0.29) is 11.9 Å². The SMILES string of the molecule is O=C(CCC1CCNCC1)NC(Cc1ccccc1)c1cccs1. The Morgan fingerprint density at radius 3 is 2.67 bits per heavy atom. The first-order valence-corrected chi connectivity index (χ1v) is 9.76. The fraction of sp³-hybridized carbons (Fsp3) is 0.450. The zero-order valence-electron chi connectivity index (χ0n) is 14.0. The molecule has 2 heterocycles. The van der Waals surface area contributed by atoms with E-state index in [1.54, 1.807) is 11.3 Å². The summed E-state index contributed by atoms with van der Waals surface area (Å²) in [6.07, 6.45) is 4.90. The van der Waals surface area contributed by atoms with E-state index in [9.17, 15) is 4.79 Å². The fourth-order valence-electron chi connectivity index (χ4n) is 3.33. The van der Waals surface area contributed by atoms with E-state index in [1.165, 1.54) is 23.3 Å². The van der Waals surface area contributed by atoms with Crippen LogP contribution in [0.2, 0.25) is 0 Å². The van der Waals surface area contributed by atoms with Crippen molar-refractivity contribution in [2.24, 2.45) is 5.92 Å². The first-order valence-electron chi connectivity index (χ1n) is 8.88. The first-order chi connectivity index (χ1) is 11.8. The molecule has 1 unspecified atom stereocenters. The van der Waals surface area contributed by atoms with E-state index in [1.807, 2.05) is 6.07 Å². The monoisotopic (exact) mass is 342 g/mol. The Hall–Kier alpha value is -1.65. The predicted molar refractivity (Wildman–Crippen MR) is 100 cm³/mol. The molecule has 1 fully saturated rings. The minimum absolute atomic E-state index is 0.0768. The maximum Gasteiger partial charge on any atom is 0.220 e. The van der Waals surface area contributed by atoms with E-state index in [4.69, 9.17) is 0 Å². The number of carbonyl (C=O) groups excluding carboxylic acids is 1. The first kappa shape index (κ1) is 17.2. The molecule has 3 nitrogen and oxygen atoms in total. The fourth-order valence-corrected chi connectivity index (χ4v) is 4.11. The maximum atomic E-state index is 12.5. The molecule has 1 aromatic carbocycles. The molecule has 1 atom stereocenters. The molecule has 0 spiro atoms. The number of thiophene rings is 1. The van der Waals surface area contributed by atoms with Gasteiger partial charge in [-0.05, 0) is 61.7 Å². The van der Waals surface area contributed by atoms with Crippen molar-refractivity contribution in [1.29, 1.82) is 0 Å². The molecule has 1 aliphatic heterocycles. The lowest BCUT2D eigenvalue weighted by atomic mass is 9.93. The van der Waals surface area contributed by atoms with Crippen LogP contribution in [0.25, 0.3) is 0 Å². The van der Waals surface area contributed by atoms with Gasteiger partial charge >= 0.3 is 0 Å². The quantitative estimate of drug-likeness (QED) is 0.800. The highest BCUT2D eigenvalue weighted by Gasteiger charge is 2.18. The second kappa shape index (κ2) is 9.00. The van der Waals surface area contributed by atoms with Crippen LogP contribution >= 0.6 is 11.3 Å². The number of nitrogens with one attached hydrogen (secondary N) is 2. The molecule has 0 saturated carbocycles. The summed E-state index contributed by atoms with van der Waals surface area (Å²) in [6, 6.07) is 14.6. The van der Waals surface area contributed by atoms with Gasteiger partial charge in [0, 0.05) is 11.3 Å². The molecule has 2 N–H and O–H groups in total. The third-order valence-corrected chi connectivity index (χ3v) is 5.73. The average molecular weight is 343 g/mol. The van der Waals surface area contributed by atoms with Crippen molar-refractivity contribution in [3.05, 3.63) is 58.3 Å². The highest BCUT2D eigenvalue weighted by molar-refractivity contribution is 7.10. The molecule has 0 radical (unpaired) electrons. The maximum absolute atomic E-state index is 12.5. The Morgan fingerprint density at radius 2 is 1.96 bits per heavy atom. The van der Waals surface area contributed by atoms with Crippen molar-refractivity contribution >= 4 is 17.2 Å². The zero-order chi connectivity index (χ0) is 16.6. The summed E-state index contributed by atoms with van der Waals surface area (Å²) >= 11 is 1.72. The lowest BCUT2D eigenvalue weighted by Crippen LogP contribution is -2.31. The van der Waals surface area contributed by atoms with Gasteiger partial charge in [-0.1, -0.05) is 36.4 Å². The smallest absolute Gasteiger partial charge is 0.220 e. The molecule has 24 heavy (non-hydrogen) atoms. The summed E-state index contributed by atoms with van der Waals surface area (Å²) in [5.74, 6) is 0.883. The highest BCUT2D eigenvalue weighted by Crippen LogP contribution is 2.24. The molecule has 0 aliphatic carbocycles. The van der Waals surface area contributed by atoms with Crippen LogP contribution in [-0.4, -0.2) is 19.0 Å². The van der Waals surface area contributed by atoms with Crippen LogP contribution in [0.5, 0.6) is 0 Å². The number of benzene rings is 1. The third kappa shape index (κ3) is 5.18. The Balaban J connectivity index is 1.56. The average Bonchev–Trinajstić information content (AvgIpc) is 3.16. The van der Waals surface area contributed by atoms with E-state index in [0.29, 0.717) is 12.3 Å². The number of hydrogen-bond acceptors (Lipinski definition) is 3. The van der Waals surface area contributed by atoms with Crippen LogP contribution in [-0.2, 0) is 11.2 Å². The zero-order valence-corrected chi connectivity index (χ0v) is 14.9. The molecular weight excluding hydrogens is 316 g/mol. The molecule has 1 amide bonds. The van der Waals surface area contributed by atoms with Crippen molar-refractivity contribution in [3.8, 4) is 0 Å². The number of carbonyl (C=O) groups is 1.